The van der Waals surface area contributed by atoms with Crippen LogP contribution in [0.3, 0.4) is 0 Å². The minimum absolute atomic E-state index is 0.0893. The van der Waals surface area contributed by atoms with E-state index >= 15 is 0 Å². The third-order valence-electron chi connectivity index (χ3n) is 2.89. The number of thiazole rings is 1. The molecule has 6 nitrogen and oxygen atoms in total. The fraction of sp³-hybridized carbons (Fsp3) is 0.143. The normalized spacial score (nSPS) is 10.7. The summed E-state index contributed by atoms with van der Waals surface area (Å²) in [5, 5.41) is 9.39. The van der Waals surface area contributed by atoms with Crippen LogP contribution in [0.2, 0.25) is 0 Å². The van der Waals surface area contributed by atoms with Crippen LogP contribution in [0.4, 0.5) is 5.13 Å². The number of rotatable bonds is 4. The molecule has 0 aliphatic rings. The van der Waals surface area contributed by atoms with Crippen molar-refractivity contribution in [2.75, 3.05) is 5.32 Å². The number of carbonyl (C=O) groups excluding carboxylic acids is 2. The fourth-order valence-electron chi connectivity index (χ4n) is 1.87. The second kappa shape index (κ2) is 5.45. The molecule has 2 heterocycles. The first-order valence-electron chi connectivity index (χ1n) is 6.23. The van der Waals surface area contributed by atoms with Gasteiger partial charge in [0.15, 0.2) is 16.5 Å². The maximum atomic E-state index is 12.0. The lowest BCUT2D eigenvalue weighted by Gasteiger charge is -1.99. The predicted octanol–water partition coefficient (Wildman–Crippen LogP) is 2.67. The minimum atomic E-state index is -0.251. The molecule has 0 saturated carbocycles. The lowest BCUT2D eigenvalue weighted by Crippen LogP contribution is -2.14. The summed E-state index contributed by atoms with van der Waals surface area (Å²) in [6.07, 6.45) is 0.0893. The van der Waals surface area contributed by atoms with Crippen LogP contribution in [0, 0.1) is 0 Å². The highest BCUT2D eigenvalue weighted by molar-refractivity contribution is 7.14. The van der Waals surface area contributed by atoms with Crippen LogP contribution < -0.4 is 5.32 Å². The largest absolute Gasteiger partial charge is 0.356 e. The van der Waals surface area contributed by atoms with Crippen LogP contribution in [0.15, 0.2) is 34.2 Å². The van der Waals surface area contributed by atoms with Crippen molar-refractivity contribution in [2.24, 2.45) is 0 Å². The van der Waals surface area contributed by atoms with Crippen LogP contribution in [0.25, 0.3) is 11.0 Å². The highest BCUT2D eigenvalue weighted by Crippen LogP contribution is 2.19. The number of nitrogens with zero attached hydrogens (tertiary/aromatic N) is 2. The predicted molar refractivity (Wildman–Crippen MR) is 78.5 cm³/mol. The van der Waals surface area contributed by atoms with Crippen LogP contribution in [-0.2, 0) is 11.2 Å². The average molecular weight is 301 g/mol. The molecule has 0 unspecified atom stereocenters. The number of fused-ring (bicyclic) bond motifs is 1. The zero-order chi connectivity index (χ0) is 14.8. The molecule has 0 spiro atoms. The molecule has 1 N–H and O–H groups in total. The topological polar surface area (TPSA) is 85.1 Å². The molecule has 2 aromatic heterocycles. The van der Waals surface area contributed by atoms with E-state index in [1.54, 1.807) is 11.4 Å². The van der Waals surface area contributed by atoms with E-state index in [0.29, 0.717) is 22.1 Å². The van der Waals surface area contributed by atoms with Gasteiger partial charge in [0, 0.05) is 17.7 Å². The number of nitrogens with one attached hydrogen (secondary N) is 1. The zero-order valence-electron chi connectivity index (χ0n) is 11.1. The first-order valence-corrected chi connectivity index (χ1v) is 7.11. The van der Waals surface area contributed by atoms with Crippen LogP contribution in [0.5, 0.6) is 0 Å². The molecule has 1 aromatic carbocycles. The first kappa shape index (κ1) is 13.4. The van der Waals surface area contributed by atoms with Crippen molar-refractivity contribution in [3.63, 3.8) is 0 Å². The molecule has 7 heteroatoms. The summed E-state index contributed by atoms with van der Waals surface area (Å²) >= 11 is 1.21. The van der Waals surface area contributed by atoms with Gasteiger partial charge in [-0.15, -0.1) is 11.3 Å². The molecule has 3 rings (SSSR count). The van der Waals surface area contributed by atoms with Gasteiger partial charge in [0.05, 0.1) is 6.42 Å². The van der Waals surface area contributed by atoms with Crippen molar-refractivity contribution in [1.82, 2.24) is 10.1 Å². The van der Waals surface area contributed by atoms with Crippen LogP contribution >= 0.6 is 11.3 Å². The molecule has 0 aliphatic carbocycles. The molecule has 0 fully saturated rings. The summed E-state index contributed by atoms with van der Waals surface area (Å²) in [6, 6.07) is 7.35. The van der Waals surface area contributed by atoms with E-state index in [1.807, 2.05) is 18.2 Å². The Labute approximate surface area is 123 Å². The number of ketones is 1. The van der Waals surface area contributed by atoms with Crippen molar-refractivity contribution in [1.29, 1.82) is 0 Å². The molecule has 0 saturated heterocycles. The Hall–Kier alpha value is -2.54. The van der Waals surface area contributed by atoms with Gasteiger partial charge in [0.2, 0.25) is 5.91 Å². The van der Waals surface area contributed by atoms with Gasteiger partial charge in [0.25, 0.3) is 0 Å². The van der Waals surface area contributed by atoms with E-state index in [1.165, 1.54) is 18.3 Å². The Morgan fingerprint density at radius 3 is 2.90 bits per heavy atom. The summed E-state index contributed by atoms with van der Waals surface area (Å²) in [5.41, 5.74) is 1.57. The number of Topliss-reactive ketones (excluding diaryl/α,β-unsaturated/α-hetero) is 1. The quantitative estimate of drug-likeness (QED) is 0.749. The van der Waals surface area contributed by atoms with E-state index in [4.69, 9.17) is 4.52 Å². The first-order chi connectivity index (χ1) is 10.1. The maximum Gasteiger partial charge on any atom is 0.232 e. The fourth-order valence-corrected chi connectivity index (χ4v) is 2.64. The number of hydrogen-bond donors (Lipinski definition) is 1. The second-order valence-electron chi connectivity index (χ2n) is 4.44. The molecule has 0 radical (unpaired) electrons. The van der Waals surface area contributed by atoms with Crippen molar-refractivity contribution in [3.8, 4) is 0 Å². The smallest absolute Gasteiger partial charge is 0.232 e. The number of amides is 1. The van der Waals surface area contributed by atoms with Crippen molar-refractivity contribution in [2.45, 2.75) is 13.3 Å². The minimum Gasteiger partial charge on any atom is -0.356 e. The number of aromatic nitrogens is 2. The average Bonchev–Trinajstić information content (AvgIpc) is 3.07. The van der Waals surface area contributed by atoms with Crippen molar-refractivity contribution in [3.05, 3.63) is 41.0 Å². The summed E-state index contributed by atoms with van der Waals surface area (Å²) in [5.74, 6) is -0.382. The number of benzene rings is 1. The zero-order valence-corrected chi connectivity index (χ0v) is 11.9. The van der Waals surface area contributed by atoms with Gasteiger partial charge in [-0.3, -0.25) is 9.59 Å². The number of para-hydroxylation sites is 1. The van der Waals surface area contributed by atoms with Crippen molar-refractivity contribution < 1.29 is 14.1 Å². The standard InChI is InChI=1S/C14H11N3O3S/c1-8(18)11-7-21-14(15-11)16-13(19)6-10-9-4-2-3-5-12(9)20-17-10/h2-5,7H,6H2,1H3,(H,15,16,19). The molecule has 106 valence electrons. The second-order valence-corrected chi connectivity index (χ2v) is 5.30. The van der Waals surface area contributed by atoms with Gasteiger partial charge in [-0.25, -0.2) is 4.98 Å². The van der Waals surface area contributed by atoms with E-state index in [0.717, 1.165) is 5.39 Å². The summed E-state index contributed by atoms with van der Waals surface area (Å²) in [4.78, 5) is 27.2. The monoisotopic (exact) mass is 301 g/mol. The molecule has 21 heavy (non-hydrogen) atoms. The lowest BCUT2D eigenvalue weighted by molar-refractivity contribution is -0.115. The van der Waals surface area contributed by atoms with Gasteiger partial charge in [-0.05, 0) is 12.1 Å². The van der Waals surface area contributed by atoms with Crippen LogP contribution in [-0.4, -0.2) is 21.8 Å². The van der Waals surface area contributed by atoms with E-state index < -0.39 is 0 Å². The molecule has 0 bridgehead atoms. The summed E-state index contributed by atoms with van der Waals surface area (Å²) in [7, 11) is 0. The Bertz CT molecular complexity index is 822. The Morgan fingerprint density at radius 1 is 1.33 bits per heavy atom. The molecule has 1 amide bonds. The summed E-state index contributed by atoms with van der Waals surface area (Å²) < 4.78 is 5.15. The molecule has 0 aliphatic heterocycles. The molecular weight excluding hydrogens is 290 g/mol. The lowest BCUT2D eigenvalue weighted by atomic mass is 10.2. The Kier molecular flexibility index (Phi) is 3.49. The maximum absolute atomic E-state index is 12.0. The van der Waals surface area contributed by atoms with Gasteiger partial charge in [-0.1, -0.05) is 17.3 Å². The SMILES string of the molecule is CC(=O)c1csc(NC(=O)Cc2noc3ccccc23)n1. The number of carbonyl (C=O) groups is 2. The van der Waals surface area contributed by atoms with Gasteiger partial charge in [0.1, 0.15) is 11.4 Å². The summed E-state index contributed by atoms with van der Waals surface area (Å²) in [6.45, 7) is 1.43. The van der Waals surface area contributed by atoms with E-state index in [2.05, 4.69) is 15.5 Å². The number of anilines is 1. The van der Waals surface area contributed by atoms with Crippen molar-refractivity contribution >= 4 is 39.1 Å². The van der Waals surface area contributed by atoms with Gasteiger partial charge >= 0.3 is 0 Å². The highest BCUT2D eigenvalue weighted by Gasteiger charge is 2.14. The van der Waals surface area contributed by atoms with Gasteiger partial charge < -0.3 is 9.84 Å². The Morgan fingerprint density at radius 2 is 2.14 bits per heavy atom. The third-order valence-corrected chi connectivity index (χ3v) is 3.65. The molecule has 0 atom stereocenters. The Balaban J connectivity index is 1.72. The third kappa shape index (κ3) is 2.82. The number of hydrogen-bond acceptors (Lipinski definition) is 6. The molecular formula is C14H11N3O3S. The van der Waals surface area contributed by atoms with E-state index in [9.17, 15) is 9.59 Å². The van der Waals surface area contributed by atoms with Gasteiger partial charge in [-0.2, -0.15) is 0 Å². The van der Waals surface area contributed by atoms with Crippen LogP contribution in [0.1, 0.15) is 23.1 Å². The van der Waals surface area contributed by atoms with E-state index in [-0.39, 0.29) is 18.1 Å². The molecule has 3 aromatic rings. The highest BCUT2D eigenvalue weighted by atomic mass is 32.1.